The molecule has 0 amide bonds. The quantitative estimate of drug-likeness (QED) is 0.589. The molecule has 1 heterocycles. The molecule has 3 rings (SSSR count). The normalized spacial score (nSPS) is 10.5. The van der Waals surface area contributed by atoms with Crippen LogP contribution in [0, 0.1) is 0 Å². The van der Waals surface area contributed by atoms with Crippen LogP contribution in [0.4, 0.5) is 0 Å². The van der Waals surface area contributed by atoms with E-state index in [1.807, 2.05) is 66.7 Å². The Morgan fingerprint density at radius 3 is 1.90 bits per heavy atom. The molecule has 0 saturated heterocycles. The number of hydrogen-bond donors (Lipinski definition) is 0. The smallest absolute Gasteiger partial charge is 0.0739 e. The Labute approximate surface area is 127 Å². The van der Waals surface area contributed by atoms with E-state index in [2.05, 4.69) is 4.98 Å². The van der Waals surface area contributed by atoms with Gasteiger partial charge in [-0.25, -0.2) is 4.98 Å². The molecule has 0 saturated carbocycles. The van der Waals surface area contributed by atoms with Gasteiger partial charge in [-0.1, -0.05) is 65.7 Å². The molecule has 2 aromatic carbocycles. The Bertz CT molecular complexity index is 719. The van der Waals surface area contributed by atoms with E-state index in [1.165, 1.54) is 0 Å². The van der Waals surface area contributed by atoms with Crippen LogP contribution in [0.15, 0.2) is 66.7 Å². The van der Waals surface area contributed by atoms with Crippen molar-refractivity contribution in [1.82, 2.24) is 4.98 Å². The molecule has 1 aromatic heterocycles. The molecule has 0 N–H and O–H groups in total. The minimum Gasteiger partial charge on any atom is -0.248 e. The van der Waals surface area contributed by atoms with Gasteiger partial charge in [-0.3, -0.25) is 0 Å². The molecular weight excluding hydrogens is 289 g/mol. The molecule has 0 bridgehead atoms. The fourth-order valence-corrected chi connectivity index (χ4v) is 2.68. The standard InChI is InChI=1S/C17H11Cl2N/c18-13-8-4-9-14(19)17(13)16-11-5-10-15(20-16)12-6-2-1-3-7-12/h1-11H. The monoisotopic (exact) mass is 299 g/mol. The van der Waals surface area contributed by atoms with Crippen molar-refractivity contribution < 1.29 is 0 Å². The average Bonchev–Trinajstić information content (AvgIpc) is 2.48. The number of rotatable bonds is 2. The number of aromatic nitrogens is 1. The third-order valence-corrected chi connectivity index (χ3v) is 3.67. The predicted molar refractivity (Wildman–Crippen MR) is 85.1 cm³/mol. The molecule has 0 radical (unpaired) electrons. The molecule has 3 heteroatoms. The van der Waals surface area contributed by atoms with Gasteiger partial charge in [-0.15, -0.1) is 0 Å². The number of pyridine rings is 1. The van der Waals surface area contributed by atoms with E-state index in [9.17, 15) is 0 Å². The predicted octanol–water partition coefficient (Wildman–Crippen LogP) is 5.72. The maximum Gasteiger partial charge on any atom is 0.0739 e. The highest BCUT2D eigenvalue weighted by atomic mass is 35.5. The maximum atomic E-state index is 6.24. The minimum atomic E-state index is 0.607. The Morgan fingerprint density at radius 1 is 0.600 bits per heavy atom. The Kier molecular flexibility index (Phi) is 3.72. The molecule has 0 aliphatic carbocycles. The number of hydrogen-bond acceptors (Lipinski definition) is 1. The third-order valence-electron chi connectivity index (χ3n) is 3.04. The number of nitrogens with zero attached hydrogens (tertiary/aromatic N) is 1. The summed E-state index contributed by atoms with van der Waals surface area (Å²) in [5.74, 6) is 0. The van der Waals surface area contributed by atoms with Crippen molar-refractivity contribution in [2.75, 3.05) is 0 Å². The SMILES string of the molecule is Clc1cccc(Cl)c1-c1cccc(-c2ccccc2)n1. The molecule has 3 aromatic rings. The Hall–Kier alpha value is -1.83. The minimum absolute atomic E-state index is 0.607. The van der Waals surface area contributed by atoms with Gasteiger partial charge in [0.05, 0.1) is 21.4 Å². The van der Waals surface area contributed by atoms with Crippen molar-refractivity contribution in [2.45, 2.75) is 0 Å². The van der Waals surface area contributed by atoms with Crippen LogP contribution >= 0.6 is 23.2 Å². The zero-order valence-corrected chi connectivity index (χ0v) is 12.1. The lowest BCUT2D eigenvalue weighted by atomic mass is 10.1. The first-order chi connectivity index (χ1) is 9.75. The summed E-state index contributed by atoms with van der Waals surface area (Å²) in [4.78, 5) is 4.67. The van der Waals surface area contributed by atoms with Crippen LogP contribution in [0.3, 0.4) is 0 Å². The lowest BCUT2D eigenvalue weighted by molar-refractivity contribution is 1.32. The summed E-state index contributed by atoms with van der Waals surface area (Å²) < 4.78 is 0. The van der Waals surface area contributed by atoms with Crippen LogP contribution in [0.1, 0.15) is 0 Å². The molecule has 0 atom stereocenters. The molecule has 0 aliphatic heterocycles. The van der Waals surface area contributed by atoms with E-state index in [-0.39, 0.29) is 0 Å². The van der Waals surface area contributed by atoms with Crippen LogP contribution in [-0.2, 0) is 0 Å². The summed E-state index contributed by atoms with van der Waals surface area (Å²) in [6, 6.07) is 21.3. The molecule has 20 heavy (non-hydrogen) atoms. The average molecular weight is 300 g/mol. The van der Waals surface area contributed by atoms with Crippen LogP contribution in [0.2, 0.25) is 10.0 Å². The van der Waals surface area contributed by atoms with Gasteiger partial charge in [-0.05, 0) is 24.3 Å². The third kappa shape index (κ3) is 2.55. The van der Waals surface area contributed by atoms with E-state index in [4.69, 9.17) is 23.2 Å². The summed E-state index contributed by atoms with van der Waals surface area (Å²) in [6.45, 7) is 0. The molecule has 0 unspecified atom stereocenters. The largest absolute Gasteiger partial charge is 0.248 e. The molecule has 0 fully saturated rings. The maximum absolute atomic E-state index is 6.24. The Morgan fingerprint density at radius 2 is 1.20 bits per heavy atom. The fourth-order valence-electron chi connectivity index (χ4n) is 2.09. The van der Waals surface area contributed by atoms with Gasteiger partial charge in [0, 0.05) is 11.1 Å². The van der Waals surface area contributed by atoms with E-state index < -0.39 is 0 Å². The molecular formula is C17H11Cl2N. The topological polar surface area (TPSA) is 12.9 Å². The highest BCUT2D eigenvalue weighted by Gasteiger charge is 2.10. The van der Waals surface area contributed by atoms with Gasteiger partial charge in [0.15, 0.2) is 0 Å². The summed E-state index contributed by atoms with van der Waals surface area (Å²) >= 11 is 12.5. The van der Waals surface area contributed by atoms with Crippen molar-refractivity contribution in [3.63, 3.8) is 0 Å². The van der Waals surface area contributed by atoms with Crippen LogP contribution < -0.4 is 0 Å². The molecule has 0 aliphatic rings. The Balaban J connectivity index is 2.13. The molecule has 98 valence electrons. The van der Waals surface area contributed by atoms with Crippen LogP contribution in [0.5, 0.6) is 0 Å². The highest BCUT2D eigenvalue weighted by Crippen LogP contribution is 2.34. The first-order valence-corrected chi connectivity index (χ1v) is 6.98. The lowest BCUT2D eigenvalue weighted by Gasteiger charge is -2.08. The van der Waals surface area contributed by atoms with Crippen molar-refractivity contribution in [2.24, 2.45) is 0 Å². The van der Waals surface area contributed by atoms with Crippen molar-refractivity contribution in [3.05, 3.63) is 76.8 Å². The van der Waals surface area contributed by atoms with Crippen molar-refractivity contribution >= 4 is 23.2 Å². The van der Waals surface area contributed by atoms with E-state index in [0.29, 0.717) is 10.0 Å². The first-order valence-electron chi connectivity index (χ1n) is 6.22. The number of benzene rings is 2. The number of halogens is 2. The van der Waals surface area contributed by atoms with Gasteiger partial charge >= 0.3 is 0 Å². The summed E-state index contributed by atoms with van der Waals surface area (Å²) in [5.41, 5.74) is 3.52. The van der Waals surface area contributed by atoms with Crippen LogP contribution in [0.25, 0.3) is 22.5 Å². The van der Waals surface area contributed by atoms with Gasteiger partial charge in [0.1, 0.15) is 0 Å². The van der Waals surface area contributed by atoms with Crippen molar-refractivity contribution in [3.8, 4) is 22.5 Å². The summed E-state index contributed by atoms with van der Waals surface area (Å²) in [6.07, 6.45) is 0. The van der Waals surface area contributed by atoms with Crippen LogP contribution in [-0.4, -0.2) is 4.98 Å². The first kappa shape index (κ1) is 13.2. The zero-order valence-electron chi connectivity index (χ0n) is 10.6. The van der Waals surface area contributed by atoms with E-state index in [1.54, 1.807) is 0 Å². The van der Waals surface area contributed by atoms with E-state index >= 15 is 0 Å². The highest BCUT2D eigenvalue weighted by molar-refractivity contribution is 6.39. The molecule has 1 nitrogen and oxygen atoms in total. The van der Waals surface area contributed by atoms with Gasteiger partial charge in [0.25, 0.3) is 0 Å². The van der Waals surface area contributed by atoms with Gasteiger partial charge in [-0.2, -0.15) is 0 Å². The van der Waals surface area contributed by atoms with Crippen molar-refractivity contribution in [1.29, 1.82) is 0 Å². The van der Waals surface area contributed by atoms with Gasteiger partial charge < -0.3 is 0 Å². The second-order valence-electron chi connectivity index (χ2n) is 4.37. The van der Waals surface area contributed by atoms with E-state index in [0.717, 1.165) is 22.5 Å². The van der Waals surface area contributed by atoms with Gasteiger partial charge in [0.2, 0.25) is 0 Å². The second-order valence-corrected chi connectivity index (χ2v) is 5.19. The summed E-state index contributed by atoms with van der Waals surface area (Å²) in [5, 5.41) is 1.21. The zero-order chi connectivity index (χ0) is 13.9. The fraction of sp³-hybridized carbons (Fsp3) is 0. The lowest BCUT2D eigenvalue weighted by Crippen LogP contribution is -1.89. The summed E-state index contributed by atoms with van der Waals surface area (Å²) in [7, 11) is 0. The second kappa shape index (κ2) is 5.66. The molecule has 0 spiro atoms.